The van der Waals surface area contributed by atoms with E-state index in [2.05, 4.69) is 336 Å². The molecule has 2 unspecified atom stereocenters. The maximum Gasteiger partial charge on any atom is 0.334 e. The van der Waals surface area contributed by atoms with Crippen LogP contribution in [0.2, 0.25) is 0 Å². The van der Waals surface area contributed by atoms with Gasteiger partial charge in [0.2, 0.25) is 0 Å². The number of aliphatic hydroxyl groups excluding tert-OH is 6. The van der Waals surface area contributed by atoms with E-state index < -0.39 is 90.7 Å². The second-order valence-corrected chi connectivity index (χ2v) is 39.8. The van der Waals surface area contributed by atoms with Crippen LogP contribution in [-0.4, -0.2) is 89.9 Å². The van der Waals surface area contributed by atoms with Gasteiger partial charge in [-0.2, -0.15) is 0 Å². The van der Waals surface area contributed by atoms with Gasteiger partial charge in [-0.3, -0.25) is 0 Å². The number of ether oxygens (including phenoxy) is 2. The van der Waals surface area contributed by atoms with E-state index in [0.717, 1.165) is 72.5 Å². The van der Waals surface area contributed by atoms with E-state index in [4.69, 9.17) is 29.0 Å². The third-order valence-electron chi connectivity index (χ3n) is 22.2. The second-order valence-electron chi connectivity index (χ2n) is 38.1. The van der Waals surface area contributed by atoms with Gasteiger partial charge in [-0.25, -0.2) is 4.31 Å². The molecule has 0 aliphatic heterocycles. The highest BCUT2D eigenvalue weighted by atomic mass is 31.2. The summed E-state index contributed by atoms with van der Waals surface area (Å²) in [4.78, 5) is 31.3. The summed E-state index contributed by atoms with van der Waals surface area (Å²) in [6.45, 7) is 54.9. The van der Waals surface area contributed by atoms with Gasteiger partial charge in [-0.1, -0.05) is 356 Å². The molecule has 596 valence electrons. The zero-order valence-electron chi connectivity index (χ0n) is 70.3. The molecule has 8 aromatic carbocycles. The zero-order chi connectivity index (χ0) is 82.3. The first-order valence-electron chi connectivity index (χ1n) is 38.1. The van der Waals surface area contributed by atoms with E-state index >= 15 is 0 Å². The standard InChI is InChI=1S/C53H60O4.C41H68O4.H4O5P2/c1-49(2,38-21-13-9-14-22-38)42-29-31-44(45(33-42)51(5,6)40-25-17-11-18-26-40)48(53(35-54,36-55)37-56)57-47-32-30-43(50(3,4)39-23-15-10-16-24-39)34-46(47)52(7,8)41-27-19-12-20-28-41;1-35(2,3)26-19-28(37(7,8)9)32(29(20-26)38(10,11)12)34(41(23-42,24-43)25-44)45-33-30(39(13,14)15)21-27(36(4,5)6)22-31(33)40(16,17)18;1-6(2)5-7(3)4/h9-34,48,54-56H,35-37H2,1-8H3;19-22,34,42-44H,23-25H2,1-18H3;1-4H. The van der Waals surface area contributed by atoms with Crippen molar-refractivity contribution in [2.45, 2.75) is 246 Å². The highest BCUT2D eigenvalue weighted by molar-refractivity contribution is 7.53. The van der Waals surface area contributed by atoms with Crippen LogP contribution in [0.1, 0.15) is 281 Å². The molecule has 10 N–H and O–H groups in total. The fourth-order valence-corrected chi connectivity index (χ4v) is 14.8. The monoisotopic (exact) mass is 1530 g/mol. The van der Waals surface area contributed by atoms with E-state index in [1.165, 1.54) is 22.3 Å². The van der Waals surface area contributed by atoms with Gasteiger partial charge in [-0.15, -0.1) is 0 Å². The van der Waals surface area contributed by atoms with Crippen LogP contribution in [0, 0.1) is 10.8 Å². The first-order chi connectivity index (χ1) is 50.2. The molecule has 0 aliphatic rings. The summed E-state index contributed by atoms with van der Waals surface area (Å²) in [5.41, 5.74) is 11.6. The first kappa shape index (κ1) is 91.7. The van der Waals surface area contributed by atoms with Crippen LogP contribution in [0.25, 0.3) is 0 Å². The third-order valence-corrected chi connectivity index (χ3v) is 23.4. The molecule has 0 aromatic heterocycles. The van der Waals surface area contributed by atoms with Crippen LogP contribution < -0.4 is 9.47 Å². The minimum absolute atomic E-state index is 0.0788. The summed E-state index contributed by atoms with van der Waals surface area (Å²) in [7, 11) is -5.22. The maximum atomic E-state index is 11.2. The minimum atomic E-state index is -2.61. The number of hydrogen-bond acceptors (Lipinski definition) is 13. The zero-order valence-corrected chi connectivity index (χ0v) is 72.1. The average Bonchev–Trinajstić information content (AvgIpc) is 0.736. The fourth-order valence-electron chi connectivity index (χ4n) is 14.3. The van der Waals surface area contributed by atoms with Crippen molar-refractivity contribution in [2.75, 3.05) is 39.6 Å². The summed E-state index contributed by atoms with van der Waals surface area (Å²) >= 11 is 0. The molecule has 8 rings (SSSR count). The highest BCUT2D eigenvalue weighted by Crippen LogP contribution is 2.54. The molecular weight excluding hydrogens is 1400 g/mol. The summed E-state index contributed by atoms with van der Waals surface area (Å²) in [6, 6.07) is 63.9. The van der Waals surface area contributed by atoms with Crippen molar-refractivity contribution >= 4 is 17.2 Å². The number of benzene rings is 8. The molecule has 0 saturated carbocycles. The van der Waals surface area contributed by atoms with E-state index in [1.807, 2.05) is 30.3 Å². The van der Waals surface area contributed by atoms with Crippen molar-refractivity contribution in [3.63, 3.8) is 0 Å². The smallest absolute Gasteiger partial charge is 0.334 e. The Morgan fingerprint density at radius 3 is 0.835 bits per heavy atom. The van der Waals surface area contributed by atoms with E-state index in [9.17, 15) is 30.6 Å². The molecule has 0 heterocycles. The lowest BCUT2D eigenvalue weighted by Crippen LogP contribution is -2.45. The molecule has 0 aliphatic carbocycles. The Labute approximate surface area is 656 Å². The highest BCUT2D eigenvalue weighted by Gasteiger charge is 2.49. The van der Waals surface area contributed by atoms with Crippen LogP contribution in [0.5, 0.6) is 11.5 Å². The van der Waals surface area contributed by atoms with E-state index in [1.54, 1.807) is 0 Å². The molecule has 0 spiro atoms. The summed E-state index contributed by atoms with van der Waals surface area (Å²) in [5, 5.41) is 66.8. The SMILES string of the molecule is CC(C)(C)c1cc(C(C)(C)C)c(OC(c2c(C(C)(C)C)cc(C(C)(C)C)cc2C(C)(C)C)C(CO)(CO)CO)c(C(C)(C)C)c1.CC(C)(c1ccccc1)c1ccc(OC(c2ccc(C(C)(C)c3ccccc3)cc2C(C)(C)c2ccccc2)C(CO)(CO)CO)c(C(C)(C)c2ccccc2)c1.OP(O)OP(O)O. The van der Waals surface area contributed by atoms with Crippen molar-refractivity contribution < 1.29 is 64.0 Å². The quantitative estimate of drug-likeness (QED) is 0.0254. The number of rotatable bonds is 24. The average molecular weight is 1530 g/mol. The first-order valence-corrected chi connectivity index (χ1v) is 40.5. The molecule has 15 heteroatoms. The van der Waals surface area contributed by atoms with Crippen LogP contribution in [0.15, 0.2) is 182 Å². The van der Waals surface area contributed by atoms with Crippen molar-refractivity contribution in [3.8, 4) is 11.5 Å². The molecule has 0 bridgehead atoms. The molecule has 0 amide bonds. The van der Waals surface area contributed by atoms with Crippen LogP contribution in [-0.2, 0) is 58.5 Å². The Hall–Kier alpha value is -6.22. The maximum absolute atomic E-state index is 11.2. The molecular formula is C94H132O13P2. The number of aliphatic hydroxyl groups is 6. The van der Waals surface area contributed by atoms with E-state index in [-0.39, 0.29) is 43.3 Å². The number of hydrogen-bond donors (Lipinski definition) is 10. The molecule has 0 saturated heterocycles. The Balaban J connectivity index is 0.000000321. The van der Waals surface area contributed by atoms with Crippen LogP contribution in [0.4, 0.5) is 0 Å². The molecule has 2 atom stereocenters. The minimum Gasteiger partial charge on any atom is -0.485 e. The molecule has 13 nitrogen and oxygen atoms in total. The van der Waals surface area contributed by atoms with Crippen molar-refractivity contribution in [1.29, 1.82) is 0 Å². The van der Waals surface area contributed by atoms with Gasteiger partial charge in [0, 0.05) is 43.9 Å². The van der Waals surface area contributed by atoms with Crippen LogP contribution >= 0.6 is 17.2 Å². The Morgan fingerprint density at radius 1 is 0.266 bits per heavy atom. The largest absolute Gasteiger partial charge is 0.485 e. The van der Waals surface area contributed by atoms with Gasteiger partial charge < -0.3 is 59.7 Å². The van der Waals surface area contributed by atoms with Gasteiger partial charge in [-0.05, 0) is 105 Å². The summed E-state index contributed by atoms with van der Waals surface area (Å²) < 4.78 is 18.4. The van der Waals surface area contributed by atoms with Crippen molar-refractivity contribution in [2.24, 2.45) is 10.8 Å². The molecule has 0 fully saturated rings. The van der Waals surface area contributed by atoms with Gasteiger partial charge in [0.25, 0.3) is 0 Å². The van der Waals surface area contributed by atoms with Crippen molar-refractivity contribution in [1.82, 2.24) is 0 Å². The normalized spacial score (nSPS) is 13.9. The van der Waals surface area contributed by atoms with Crippen molar-refractivity contribution in [3.05, 3.63) is 271 Å². The molecule has 8 aromatic rings. The lowest BCUT2D eigenvalue weighted by atomic mass is 9.67. The molecule has 109 heavy (non-hydrogen) atoms. The summed E-state index contributed by atoms with van der Waals surface area (Å²) in [5.74, 6) is 1.39. The summed E-state index contributed by atoms with van der Waals surface area (Å²) in [6.07, 6.45) is -1.78. The predicted octanol–water partition coefficient (Wildman–Crippen LogP) is 20.1. The lowest BCUT2D eigenvalue weighted by molar-refractivity contribution is -0.0762. The predicted molar refractivity (Wildman–Crippen MR) is 450 cm³/mol. The lowest BCUT2D eigenvalue weighted by Gasteiger charge is -2.44. The van der Waals surface area contributed by atoms with Crippen LogP contribution in [0.3, 0.4) is 0 Å². The van der Waals surface area contributed by atoms with Gasteiger partial charge >= 0.3 is 17.2 Å². The Kier molecular flexibility index (Phi) is 29.8. The van der Waals surface area contributed by atoms with Gasteiger partial charge in [0.1, 0.15) is 23.7 Å². The van der Waals surface area contributed by atoms with E-state index in [0.29, 0.717) is 5.75 Å². The van der Waals surface area contributed by atoms with Gasteiger partial charge in [0.05, 0.1) is 50.5 Å². The topological polar surface area (TPSA) is 230 Å². The van der Waals surface area contributed by atoms with Gasteiger partial charge in [0.15, 0.2) is 0 Å². The molecule has 0 radical (unpaired) electrons. The third kappa shape index (κ3) is 21.4. The Morgan fingerprint density at radius 2 is 0.541 bits per heavy atom. The Bertz CT molecular complexity index is 4120. The fraction of sp³-hybridized carbons (Fsp3) is 0.489. The second kappa shape index (κ2) is 35.4.